The zero-order valence-electron chi connectivity index (χ0n) is 9.41. The highest BCUT2D eigenvalue weighted by Gasteiger charge is 2.17. The summed E-state index contributed by atoms with van der Waals surface area (Å²) in [6.45, 7) is 4.00. The Hall–Kier alpha value is -1.37. The van der Waals surface area contributed by atoms with E-state index < -0.39 is 0 Å². The molecular formula is C9H13N5OS. The Labute approximate surface area is 97.4 Å². The number of rotatable bonds is 4. The van der Waals surface area contributed by atoms with Gasteiger partial charge in [-0.15, -0.1) is 0 Å². The van der Waals surface area contributed by atoms with Gasteiger partial charge in [0.25, 0.3) is 0 Å². The molecule has 0 aliphatic carbocycles. The SMILES string of the molecule is CCc1noc(C(C)Sc2ncnn2C)n1. The van der Waals surface area contributed by atoms with E-state index in [9.17, 15) is 0 Å². The highest BCUT2D eigenvalue weighted by molar-refractivity contribution is 7.99. The average Bonchev–Trinajstić information content (AvgIpc) is 2.88. The van der Waals surface area contributed by atoms with Crippen molar-refractivity contribution in [3.8, 4) is 0 Å². The molecule has 0 aliphatic rings. The van der Waals surface area contributed by atoms with E-state index in [0.717, 1.165) is 17.4 Å². The lowest BCUT2D eigenvalue weighted by molar-refractivity contribution is 0.375. The summed E-state index contributed by atoms with van der Waals surface area (Å²) in [4.78, 5) is 8.42. The van der Waals surface area contributed by atoms with E-state index in [1.54, 1.807) is 16.4 Å². The molecule has 0 aliphatic heterocycles. The Kier molecular flexibility index (Phi) is 3.23. The van der Waals surface area contributed by atoms with Gasteiger partial charge in [0.2, 0.25) is 5.89 Å². The maximum atomic E-state index is 5.17. The van der Waals surface area contributed by atoms with Crippen molar-refractivity contribution in [3.05, 3.63) is 18.0 Å². The van der Waals surface area contributed by atoms with E-state index in [1.165, 1.54) is 6.33 Å². The monoisotopic (exact) mass is 239 g/mol. The summed E-state index contributed by atoms with van der Waals surface area (Å²) >= 11 is 1.55. The van der Waals surface area contributed by atoms with Crippen molar-refractivity contribution in [2.45, 2.75) is 30.7 Å². The van der Waals surface area contributed by atoms with Crippen LogP contribution in [0.25, 0.3) is 0 Å². The molecule has 16 heavy (non-hydrogen) atoms. The Morgan fingerprint density at radius 2 is 2.38 bits per heavy atom. The summed E-state index contributed by atoms with van der Waals surface area (Å²) in [5.74, 6) is 1.37. The molecule has 0 spiro atoms. The highest BCUT2D eigenvalue weighted by Crippen LogP contribution is 2.31. The quantitative estimate of drug-likeness (QED) is 0.755. The molecule has 6 nitrogen and oxygen atoms in total. The summed E-state index contributed by atoms with van der Waals surface area (Å²) in [6.07, 6.45) is 2.31. The maximum Gasteiger partial charge on any atom is 0.239 e. The fourth-order valence-electron chi connectivity index (χ4n) is 1.18. The first kappa shape index (κ1) is 11.1. The van der Waals surface area contributed by atoms with E-state index in [-0.39, 0.29) is 5.25 Å². The van der Waals surface area contributed by atoms with Gasteiger partial charge < -0.3 is 4.52 Å². The van der Waals surface area contributed by atoms with Gasteiger partial charge >= 0.3 is 0 Å². The van der Waals surface area contributed by atoms with Gasteiger partial charge in [0.15, 0.2) is 11.0 Å². The molecule has 0 fully saturated rings. The zero-order valence-corrected chi connectivity index (χ0v) is 10.2. The highest BCUT2D eigenvalue weighted by atomic mass is 32.2. The van der Waals surface area contributed by atoms with Gasteiger partial charge in [-0.25, -0.2) is 9.67 Å². The lowest BCUT2D eigenvalue weighted by Crippen LogP contribution is -1.96. The van der Waals surface area contributed by atoms with E-state index >= 15 is 0 Å². The summed E-state index contributed by atoms with van der Waals surface area (Å²) < 4.78 is 6.89. The molecule has 2 heterocycles. The molecule has 1 unspecified atom stereocenters. The van der Waals surface area contributed by atoms with Crippen LogP contribution in [0.15, 0.2) is 16.0 Å². The van der Waals surface area contributed by atoms with Crippen LogP contribution in [0, 0.1) is 0 Å². The molecule has 1 atom stereocenters. The number of aryl methyl sites for hydroxylation is 2. The van der Waals surface area contributed by atoms with Crippen molar-refractivity contribution in [2.75, 3.05) is 0 Å². The third kappa shape index (κ3) is 2.24. The van der Waals surface area contributed by atoms with Crippen LogP contribution in [0.3, 0.4) is 0 Å². The van der Waals surface area contributed by atoms with Crippen LogP contribution in [0.4, 0.5) is 0 Å². The molecule has 7 heteroatoms. The van der Waals surface area contributed by atoms with Gasteiger partial charge in [-0.2, -0.15) is 10.1 Å². The van der Waals surface area contributed by atoms with E-state index in [1.807, 2.05) is 20.9 Å². The van der Waals surface area contributed by atoms with Crippen molar-refractivity contribution in [1.82, 2.24) is 24.9 Å². The Morgan fingerprint density at radius 1 is 1.56 bits per heavy atom. The minimum absolute atomic E-state index is 0.0794. The average molecular weight is 239 g/mol. The fraction of sp³-hybridized carbons (Fsp3) is 0.556. The van der Waals surface area contributed by atoms with Gasteiger partial charge in [0, 0.05) is 13.5 Å². The smallest absolute Gasteiger partial charge is 0.239 e. The fourth-order valence-corrected chi connectivity index (χ4v) is 2.00. The van der Waals surface area contributed by atoms with Crippen LogP contribution >= 0.6 is 11.8 Å². The molecule has 2 rings (SSSR count). The normalized spacial score (nSPS) is 12.9. The minimum atomic E-state index is 0.0794. The Bertz CT molecular complexity index is 466. The van der Waals surface area contributed by atoms with Crippen LogP contribution in [0.2, 0.25) is 0 Å². The zero-order chi connectivity index (χ0) is 11.5. The molecule has 0 saturated heterocycles. The van der Waals surface area contributed by atoms with Gasteiger partial charge in [-0.3, -0.25) is 0 Å². The largest absolute Gasteiger partial charge is 0.338 e. The molecule has 0 N–H and O–H groups in total. The van der Waals surface area contributed by atoms with Crippen molar-refractivity contribution in [3.63, 3.8) is 0 Å². The first-order chi connectivity index (χ1) is 7.70. The van der Waals surface area contributed by atoms with Crippen molar-refractivity contribution >= 4 is 11.8 Å². The predicted octanol–water partition coefficient (Wildman–Crippen LogP) is 1.61. The third-order valence-electron chi connectivity index (χ3n) is 2.10. The minimum Gasteiger partial charge on any atom is -0.338 e. The van der Waals surface area contributed by atoms with Crippen LogP contribution in [0.1, 0.15) is 30.8 Å². The van der Waals surface area contributed by atoms with Crippen molar-refractivity contribution in [1.29, 1.82) is 0 Å². The molecule has 86 valence electrons. The second kappa shape index (κ2) is 4.65. The number of hydrogen-bond donors (Lipinski definition) is 0. The van der Waals surface area contributed by atoms with Crippen LogP contribution in [-0.4, -0.2) is 24.9 Å². The summed E-state index contributed by atoms with van der Waals surface area (Å²) in [6, 6.07) is 0. The van der Waals surface area contributed by atoms with Gasteiger partial charge in [0.05, 0.1) is 5.25 Å². The van der Waals surface area contributed by atoms with Gasteiger partial charge in [-0.05, 0) is 6.92 Å². The van der Waals surface area contributed by atoms with Gasteiger partial charge in [-0.1, -0.05) is 23.8 Å². The summed E-state index contributed by atoms with van der Waals surface area (Å²) in [5, 5.41) is 8.78. The lowest BCUT2D eigenvalue weighted by atomic mass is 10.4. The predicted molar refractivity (Wildman–Crippen MR) is 59.0 cm³/mol. The molecule has 0 bridgehead atoms. The van der Waals surface area contributed by atoms with Crippen LogP contribution in [-0.2, 0) is 13.5 Å². The summed E-state index contributed by atoms with van der Waals surface area (Å²) in [5.41, 5.74) is 0. The van der Waals surface area contributed by atoms with E-state index in [2.05, 4.69) is 20.2 Å². The second-order valence-corrected chi connectivity index (χ2v) is 4.64. The van der Waals surface area contributed by atoms with Crippen molar-refractivity contribution in [2.24, 2.45) is 7.05 Å². The topological polar surface area (TPSA) is 69.6 Å². The van der Waals surface area contributed by atoms with Crippen molar-refractivity contribution < 1.29 is 4.52 Å². The van der Waals surface area contributed by atoms with Crippen LogP contribution in [0.5, 0.6) is 0 Å². The third-order valence-corrected chi connectivity index (χ3v) is 3.24. The first-order valence-electron chi connectivity index (χ1n) is 5.03. The molecule has 2 aromatic heterocycles. The lowest BCUT2D eigenvalue weighted by Gasteiger charge is -2.04. The maximum absolute atomic E-state index is 5.17. The van der Waals surface area contributed by atoms with E-state index in [4.69, 9.17) is 4.52 Å². The van der Waals surface area contributed by atoms with Gasteiger partial charge in [0.1, 0.15) is 6.33 Å². The standard InChI is InChI=1S/C9H13N5OS/c1-4-7-12-8(15-13-7)6(2)16-9-10-5-11-14(9)3/h5-6H,4H2,1-3H3. The Morgan fingerprint density at radius 3 is 2.94 bits per heavy atom. The molecule has 2 aromatic rings. The molecular weight excluding hydrogens is 226 g/mol. The molecule has 0 radical (unpaired) electrons. The molecule has 0 aromatic carbocycles. The number of aromatic nitrogens is 5. The molecule has 0 saturated carbocycles. The number of nitrogens with zero attached hydrogens (tertiary/aromatic N) is 5. The summed E-state index contributed by atoms with van der Waals surface area (Å²) in [7, 11) is 1.85. The first-order valence-corrected chi connectivity index (χ1v) is 5.91. The Balaban J connectivity index is 2.08. The second-order valence-electron chi connectivity index (χ2n) is 3.33. The van der Waals surface area contributed by atoms with E-state index in [0.29, 0.717) is 5.89 Å². The van der Waals surface area contributed by atoms with Crippen LogP contribution < -0.4 is 0 Å². The number of thioether (sulfide) groups is 1. The number of hydrogen-bond acceptors (Lipinski definition) is 6. The molecule has 0 amide bonds.